The van der Waals surface area contributed by atoms with E-state index < -0.39 is 5.97 Å². The highest BCUT2D eigenvalue weighted by Gasteiger charge is 2.52. The Balaban J connectivity index is 1.49. The van der Waals surface area contributed by atoms with E-state index in [1.54, 1.807) is 31.2 Å². The first-order valence-corrected chi connectivity index (χ1v) is 12.3. The third kappa shape index (κ3) is 3.95. The van der Waals surface area contributed by atoms with Crippen LogP contribution in [0.15, 0.2) is 36.4 Å². The molecule has 4 aliphatic carbocycles. The summed E-state index contributed by atoms with van der Waals surface area (Å²) in [6.45, 7) is 2.10. The quantitative estimate of drug-likeness (QED) is 0.365. The monoisotopic (exact) mass is 470 g/mol. The van der Waals surface area contributed by atoms with Crippen molar-refractivity contribution in [2.45, 2.75) is 50.9 Å². The smallest absolute Gasteiger partial charge is 0.330 e. The van der Waals surface area contributed by atoms with Gasteiger partial charge >= 0.3 is 5.97 Å². The molecule has 3 nitrogen and oxygen atoms in total. The van der Waals surface area contributed by atoms with E-state index in [1.807, 2.05) is 6.07 Å². The molecule has 4 bridgehead atoms. The number of esters is 1. The minimum absolute atomic E-state index is 0.0795. The van der Waals surface area contributed by atoms with Crippen molar-refractivity contribution in [1.82, 2.24) is 0 Å². The number of benzene rings is 2. The van der Waals surface area contributed by atoms with Crippen molar-refractivity contribution in [1.29, 1.82) is 0 Å². The average Bonchev–Trinajstić information content (AvgIpc) is 2.72. The Morgan fingerprint density at radius 2 is 1.66 bits per heavy atom. The highest BCUT2D eigenvalue weighted by molar-refractivity contribution is 6.39. The molecule has 0 atom stereocenters. The molecular formula is C27H28Cl2O3. The zero-order valence-electron chi connectivity index (χ0n) is 18.2. The summed E-state index contributed by atoms with van der Waals surface area (Å²) in [6.07, 6.45) is 10.6. The maximum absolute atomic E-state index is 11.6. The Bertz CT molecular complexity index is 1030. The van der Waals surface area contributed by atoms with Crippen LogP contribution in [0.3, 0.4) is 0 Å². The molecule has 0 spiro atoms. The van der Waals surface area contributed by atoms with Crippen molar-refractivity contribution in [3.63, 3.8) is 0 Å². The normalized spacial score (nSPS) is 28.4. The molecule has 0 aromatic heterocycles. The van der Waals surface area contributed by atoms with E-state index >= 15 is 0 Å². The molecule has 2 aromatic carbocycles. The molecule has 0 saturated heterocycles. The van der Waals surface area contributed by atoms with Gasteiger partial charge in [0.25, 0.3) is 0 Å². The van der Waals surface area contributed by atoms with Crippen LogP contribution in [-0.4, -0.2) is 17.7 Å². The maximum Gasteiger partial charge on any atom is 0.330 e. The second kappa shape index (κ2) is 8.43. The molecule has 2 aromatic rings. The van der Waals surface area contributed by atoms with Crippen LogP contribution >= 0.6 is 23.2 Å². The Labute approximate surface area is 199 Å². The van der Waals surface area contributed by atoms with Gasteiger partial charge in [0.05, 0.1) is 16.7 Å². The van der Waals surface area contributed by atoms with E-state index in [0.29, 0.717) is 22.4 Å². The molecule has 0 unspecified atom stereocenters. The lowest BCUT2D eigenvalue weighted by molar-refractivity contribution is -0.137. The summed E-state index contributed by atoms with van der Waals surface area (Å²) in [4.78, 5) is 11.6. The first-order chi connectivity index (χ1) is 15.4. The summed E-state index contributed by atoms with van der Waals surface area (Å²) in [5.41, 5.74) is 3.55. The number of aromatic hydroxyl groups is 1. The van der Waals surface area contributed by atoms with Gasteiger partial charge in [0, 0.05) is 17.2 Å². The number of hydrogen-bond acceptors (Lipinski definition) is 3. The van der Waals surface area contributed by atoms with E-state index in [2.05, 4.69) is 6.07 Å². The zero-order chi connectivity index (χ0) is 22.5. The Morgan fingerprint density at radius 3 is 2.22 bits per heavy atom. The van der Waals surface area contributed by atoms with Crippen LogP contribution in [0.2, 0.25) is 10.0 Å². The van der Waals surface area contributed by atoms with E-state index in [9.17, 15) is 9.90 Å². The molecular weight excluding hydrogens is 443 g/mol. The van der Waals surface area contributed by atoms with Gasteiger partial charge < -0.3 is 9.84 Å². The minimum atomic E-state index is -0.400. The summed E-state index contributed by atoms with van der Waals surface area (Å²) in [5.74, 6) is 2.37. The third-order valence-corrected chi connectivity index (χ3v) is 8.25. The van der Waals surface area contributed by atoms with E-state index in [-0.39, 0.29) is 5.41 Å². The van der Waals surface area contributed by atoms with Gasteiger partial charge in [0.1, 0.15) is 5.75 Å². The summed E-state index contributed by atoms with van der Waals surface area (Å²) < 4.78 is 4.93. The Morgan fingerprint density at radius 1 is 1.06 bits per heavy atom. The molecule has 5 heteroatoms. The molecule has 32 heavy (non-hydrogen) atoms. The van der Waals surface area contributed by atoms with E-state index in [1.165, 1.54) is 44.6 Å². The summed E-state index contributed by atoms with van der Waals surface area (Å²) >= 11 is 13.3. The molecule has 4 fully saturated rings. The Hall–Kier alpha value is -1.97. The lowest BCUT2D eigenvalue weighted by Gasteiger charge is -2.57. The summed E-state index contributed by atoms with van der Waals surface area (Å²) in [6, 6.07) is 9.40. The topological polar surface area (TPSA) is 46.5 Å². The molecule has 0 radical (unpaired) electrons. The lowest BCUT2D eigenvalue weighted by atomic mass is 9.48. The first-order valence-electron chi connectivity index (χ1n) is 11.5. The van der Waals surface area contributed by atoms with E-state index in [4.69, 9.17) is 27.9 Å². The van der Waals surface area contributed by atoms with Gasteiger partial charge in [-0.15, -0.1) is 0 Å². The number of carbonyl (C=O) groups excluding carboxylic acids is 1. The van der Waals surface area contributed by atoms with E-state index in [0.717, 1.165) is 40.0 Å². The van der Waals surface area contributed by atoms with Crippen LogP contribution in [0.4, 0.5) is 0 Å². The van der Waals surface area contributed by atoms with Crippen LogP contribution in [0.5, 0.6) is 5.75 Å². The molecule has 4 aliphatic rings. The van der Waals surface area contributed by atoms with Crippen LogP contribution in [0, 0.1) is 17.8 Å². The number of phenolic OH excluding ortho intramolecular Hbond substituents is 1. The number of ether oxygens (including phenoxy) is 1. The van der Waals surface area contributed by atoms with Gasteiger partial charge in [-0.3, -0.25) is 0 Å². The number of hydrogen-bond donors (Lipinski definition) is 1. The highest BCUT2D eigenvalue weighted by atomic mass is 35.5. The molecule has 0 heterocycles. The van der Waals surface area contributed by atoms with Crippen molar-refractivity contribution in [3.8, 4) is 16.9 Å². The number of phenols is 1. The predicted octanol–water partition coefficient (Wildman–Crippen LogP) is 7.41. The fourth-order valence-electron chi connectivity index (χ4n) is 6.88. The standard InChI is InChI=1S/C27H28Cl2O3/c1-2-32-25(31)6-3-16-10-22(28)26(23(29)11-16)20-4-5-24(30)21(12-20)27-13-17-7-18(14-27)9-19(8-17)15-27/h3-6,10-12,17-19,30H,2,7-9,13-15H2,1H3/b6-3+. The molecule has 0 amide bonds. The van der Waals surface area contributed by atoms with Gasteiger partial charge in [-0.1, -0.05) is 29.3 Å². The third-order valence-electron chi connectivity index (χ3n) is 7.66. The summed E-state index contributed by atoms with van der Waals surface area (Å²) in [5, 5.41) is 11.9. The molecule has 6 rings (SSSR count). The average molecular weight is 471 g/mol. The van der Waals surface area contributed by atoms with Gasteiger partial charge in [-0.25, -0.2) is 4.79 Å². The number of rotatable bonds is 5. The number of carbonyl (C=O) groups is 1. The van der Waals surface area contributed by atoms with Gasteiger partial charge in [-0.05, 0) is 110 Å². The molecule has 4 saturated carbocycles. The van der Waals surface area contributed by atoms with Crippen molar-refractivity contribution in [2.75, 3.05) is 6.61 Å². The molecule has 0 aliphatic heterocycles. The van der Waals surface area contributed by atoms with Gasteiger partial charge in [0.15, 0.2) is 0 Å². The second-order valence-electron chi connectivity index (χ2n) is 9.87. The first kappa shape index (κ1) is 21.9. The van der Waals surface area contributed by atoms with Gasteiger partial charge in [0.2, 0.25) is 0 Å². The fourth-order valence-corrected chi connectivity index (χ4v) is 7.60. The van der Waals surface area contributed by atoms with Crippen LogP contribution in [0.1, 0.15) is 56.6 Å². The largest absolute Gasteiger partial charge is 0.508 e. The van der Waals surface area contributed by atoms with Crippen LogP contribution in [0.25, 0.3) is 17.2 Å². The lowest BCUT2D eigenvalue weighted by Crippen LogP contribution is -2.48. The maximum atomic E-state index is 11.6. The Kier molecular flexibility index (Phi) is 5.75. The van der Waals surface area contributed by atoms with Crippen molar-refractivity contribution in [3.05, 3.63) is 57.6 Å². The van der Waals surface area contributed by atoms with Crippen molar-refractivity contribution < 1.29 is 14.6 Å². The van der Waals surface area contributed by atoms with Crippen molar-refractivity contribution in [2.24, 2.45) is 17.8 Å². The summed E-state index contributed by atoms with van der Waals surface area (Å²) in [7, 11) is 0. The molecule has 1 N–H and O–H groups in total. The number of halogens is 2. The van der Waals surface area contributed by atoms with Crippen LogP contribution in [-0.2, 0) is 14.9 Å². The second-order valence-corrected chi connectivity index (χ2v) is 10.7. The SMILES string of the molecule is CCOC(=O)/C=C/c1cc(Cl)c(-c2ccc(O)c(C34CC5CC(CC(C5)C3)C4)c2)c(Cl)c1. The zero-order valence-corrected chi connectivity index (χ0v) is 19.8. The van der Waals surface area contributed by atoms with Gasteiger partial charge in [-0.2, -0.15) is 0 Å². The predicted molar refractivity (Wildman–Crippen MR) is 129 cm³/mol. The highest BCUT2D eigenvalue weighted by Crippen LogP contribution is 2.62. The molecule has 168 valence electrons. The fraction of sp³-hybridized carbons (Fsp3) is 0.444. The van der Waals surface area contributed by atoms with Crippen molar-refractivity contribution >= 4 is 35.2 Å². The minimum Gasteiger partial charge on any atom is -0.508 e. The van der Waals surface area contributed by atoms with Crippen LogP contribution < -0.4 is 0 Å².